The molecule has 110 valence electrons. The molecule has 0 saturated heterocycles. The number of nitrogens with zero attached hydrogens (tertiary/aromatic N) is 3. The molecular formula is C10H19N3O4S2. The minimum atomic E-state index is -0.673. The first-order valence-electron chi connectivity index (χ1n) is 5.54. The van der Waals surface area contributed by atoms with E-state index in [1.54, 1.807) is 6.92 Å². The average Bonchev–Trinajstić information content (AvgIpc) is 2.41. The SMILES string of the molecule is CCCOC(=O)N(C)SN(C)C(=O)O/N=C(\C)SC. The van der Waals surface area contributed by atoms with E-state index >= 15 is 0 Å². The molecule has 0 aromatic heterocycles. The van der Waals surface area contributed by atoms with Crippen LogP contribution in [0.4, 0.5) is 9.59 Å². The molecular weight excluding hydrogens is 290 g/mol. The van der Waals surface area contributed by atoms with E-state index in [0.717, 1.165) is 22.9 Å². The number of hydrogen-bond donors (Lipinski definition) is 0. The lowest BCUT2D eigenvalue weighted by Gasteiger charge is -2.20. The number of oxime groups is 1. The van der Waals surface area contributed by atoms with Gasteiger partial charge in [-0.3, -0.25) is 4.84 Å². The quantitative estimate of drug-likeness (QED) is 0.256. The second-order valence-electron chi connectivity index (χ2n) is 3.36. The zero-order valence-electron chi connectivity index (χ0n) is 11.7. The highest BCUT2D eigenvalue weighted by atomic mass is 32.2. The lowest BCUT2D eigenvalue weighted by atomic mass is 10.5. The predicted molar refractivity (Wildman–Crippen MR) is 77.9 cm³/mol. The molecule has 0 atom stereocenters. The van der Waals surface area contributed by atoms with Crippen molar-refractivity contribution in [3.8, 4) is 0 Å². The van der Waals surface area contributed by atoms with Crippen LogP contribution in [0.2, 0.25) is 0 Å². The van der Waals surface area contributed by atoms with Crippen LogP contribution in [-0.2, 0) is 9.57 Å². The maximum absolute atomic E-state index is 11.5. The van der Waals surface area contributed by atoms with Crippen LogP contribution in [0.3, 0.4) is 0 Å². The Hall–Kier alpha value is -1.09. The standard InChI is InChI=1S/C10H19N3O4S2/c1-6-7-16-9(14)12(3)19-13(4)10(15)17-11-8(2)18-5/h6-7H2,1-5H3/b11-8+. The molecule has 0 bridgehead atoms. The monoisotopic (exact) mass is 309 g/mol. The van der Waals surface area contributed by atoms with Gasteiger partial charge in [0.25, 0.3) is 0 Å². The zero-order chi connectivity index (χ0) is 14.8. The number of hydrogen-bond acceptors (Lipinski definition) is 7. The topological polar surface area (TPSA) is 71.4 Å². The number of amides is 2. The van der Waals surface area contributed by atoms with Gasteiger partial charge < -0.3 is 4.74 Å². The number of thioether (sulfide) groups is 1. The van der Waals surface area contributed by atoms with Crippen molar-refractivity contribution >= 4 is 41.1 Å². The van der Waals surface area contributed by atoms with Crippen molar-refractivity contribution < 1.29 is 19.2 Å². The number of carbonyl (C=O) groups excluding carboxylic acids is 2. The van der Waals surface area contributed by atoms with E-state index in [-0.39, 0.29) is 0 Å². The summed E-state index contributed by atoms with van der Waals surface area (Å²) in [6.45, 7) is 3.96. The zero-order valence-corrected chi connectivity index (χ0v) is 13.3. The van der Waals surface area contributed by atoms with Gasteiger partial charge in [-0.25, -0.2) is 18.2 Å². The summed E-state index contributed by atoms with van der Waals surface area (Å²) in [6.07, 6.45) is 1.37. The maximum atomic E-state index is 11.5. The Kier molecular flexibility index (Phi) is 9.23. The van der Waals surface area contributed by atoms with Crippen LogP contribution < -0.4 is 0 Å². The molecule has 0 rings (SSSR count). The van der Waals surface area contributed by atoms with Crippen LogP contribution in [0.5, 0.6) is 0 Å². The highest BCUT2D eigenvalue weighted by molar-refractivity contribution is 8.13. The van der Waals surface area contributed by atoms with Gasteiger partial charge in [0.1, 0.15) is 5.04 Å². The normalized spacial score (nSPS) is 10.9. The highest BCUT2D eigenvalue weighted by Gasteiger charge is 2.18. The van der Waals surface area contributed by atoms with Crippen LogP contribution in [0, 0.1) is 0 Å². The Morgan fingerprint density at radius 2 is 1.79 bits per heavy atom. The lowest BCUT2D eigenvalue weighted by Crippen LogP contribution is -2.29. The molecule has 9 heteroatoms. The van der Waals surface area contributed by atoms with Crippen molar-refractivity contribution in [1.82, 2.24) is 8.61 Å². The van der Waals surface area contributed by atoms with E-state index in [0.29, 0.717) is 11.7 Å². The van der Waals surface area contributed by atoms with Crippen LogP contribution in [-0.4, -0.2) is 52.8 Å². The van der Waals surface area contributed by atoms with Gasteiger partial charge in [0, 0.05) is 14.1 Å². The van der Waals surface area contributed by atoms with E-state index in [1.807, 2.05) is 13.2 Å². The van der Waals surface area contributed by atoms with Crippen molar-refractivity contribution in [2.45, 2.75) is 20.3 Å². The van der Waals surface area contributed by atoms with E-state index in [1.165, 1.54) is 30.2 Å². The molecule has 2 amide bonds. The van der Waals surface area contributed by atoms with Crippen LogP contribution >= 0.6 is 23.9 Å². The molecule has 7 nitrogen and oxygen atoms in total. The number of ether oxygens (including phenoxy) is 1. The maximum Gasteiger partial charge on any atom is 0.447 e. The van der Waals surface area contributed by atoms with E-state index < -0.39 is 12.2 Å². The fourth-order valence-corrected chi connectivity index (χ4v) is 1.43. The fraction of sp³-hybridized carbons (Fsp3) is 0.700. The first-order chi connectivity index (χ1) is 8.92. The molecule has 0 aromatic rings. The van der Waals surface area contributed by atoms with Crippen LogP contribution in [0.15, 0.2) is 5.16 Å². The van der Waals surface area contributed by atoms with Crippen molar-refractivity contribution in [1.29, 1.82) is 0 Å². The summed E-state index contributed by atoms with van der Waals surface area (Å²) < 4.78 is 7.25. The Morgan fingerprint density at radius 1 is 1.21 bits per heavy atom. The second-order valence-corrected chi connectivity index (χ2v) is 5.62. The number of rotatable bonds is 5. The molecule has 0 radical (unpaired) electrons. The molecule has 0 unspecified atom stereocenters. The molecule has 0 aliphatic heterocycles. The van der Waals surface area contributed by atoms with Gasteiger partial charge in [-0.05, 0) is 19.6 Å². The summed E-state index contributed by atoms with van der Waals surface area (Å²) in [7, 11) is 2.98. The third kappa shape index (κ3) is 7.83. The van der Waals surface area contributed by atoms with E-state index in [4.69, 9.17) is 4.74 Å². The van der Waals surface area contributed by atoms with Gasteiger partial charge >= 0.3 is 12.2 Å². The molecule has 0 heterocycles. The predicted octanol–water partition coefficient (Wildman–Crippen LogP) is 2.79. The molecule has 0 aliphatic rings. The summed E-state index contributed by atoms with van der Waals surface area (Å²) in [5.41, 5.74) is 0. The Bertz CT molecular complexity index is 339. The molecule has 0 aliphatic carbocycles. The molecule has 0 N–H and O–H groups in total. The minimum Gasteiger partial charge on any atom is -0.449 e. The van der Waals surface area contributed by atoms with Crippen molar-refractivity contribution in [2.75, 3.05) is 27.0 Å². The third-order valence-electron chi connectivity index (χ3n) is 1.74. The van der Waals surface area contributed by atoms with Crippen molar-refractivity contribution in [3.05, 3.63) is 0 Å². The highest BCUT2D eigenvalue weighted by Crippen LogP contribution is 2.14. The summed E-state index contributed by atoms with van der Waals surface area (Å²) >= 11 is 2.24. The molecule has 0 spiro atoms. The first-order valence-corrected chi connectivity index (χ1v) is 7.49. The van der Waals surface area contributed by atoms with Gasteiger partial charge in [-0.15, -0.1) is 11.8 Å². The summed E-state index contributed by atoms with van der Waals surface area (Å²) in [4.78, 5) is 27.6. The number of carbonyl (C=O) groups is 2. The van der Waals surface area contributed by atoms with Crippen LogP contribution in [0.25, 0.3) is 0 Å². The van der Waals surface area contributed by atoms with Crippen molar-refractivity contribution in [2.24, 2.45) is 5.16 Å². The Morgan fingerprint density at radius 3 is 2.32 bits per heavy atom. The second kappa shape index (κ2) is 9.79. The molecule has 0 aromatic carbocycles. The van der Waals surface area contributed by atoms with Gasteiger partial charge in [0.05, 0.1) is 18.7 Å². The summed E-state index contributed by atoms with van der Waals surface area (Å²) in [5.74, 6) is 0. The first kappa shape index (κ1) is 17.9. The van der Waals surface area contributed by atoms with Crippen molar-refractivity contribution in [3.63, 3.8) is 0 Å². The minimum absolute atomic E-state index is 0.342. The lowest BCUT2D eigenvalue weighted by molar-refractivity contribution is 0.128. The Balaban J connectivity index is 4.17. The van der Waals surface area contributed by atoms with Gasteiger partial charge in [0.15, 0.2) is 0 Å². The van der Waals surface area contributed by atoms with E-state index in [2.05, 4.69) is 9.99 Å². The van der Waals surface area contributed by atoms with Crippen LogP contribution in [0.1, 0.15) is 20.3 Å². The summed E-state index contributed by atoms with van der Waals surface area (Å²) in [5, 5.41) is 4.23. The fourth-order valence-electron chi connectivity index (χ4n) is 0.729. The molecule has 19 heavy (non-hydrogen) atoms. The van der Waals surface area contributed by atoms with Gasteiger partial charge in [0.2, 0.25) is 0 Å². The van der Waals surface area contributed by atoms with Gasteiger partial charge in [-0.1, -0.05) is 12.1 Å². The van der Waals surface area contributed by atoms with Gasteiger partial charge in [-0.2, -0.15) is 0 Å². The largest absolute Gasteiger partial charge is 0.449 e. The molecule has 0 saturated carbocycles. The van der Waals surface area contributed by atoms with E-state index in [9.17, 15) is 9.59 Å². The molecule has 0 fully saturated rings. The average molecular weight is 309 g/mol. The smallest absolute Gasteiger partial charge is 0.447 e. The third-order valence-corrected chi connectivity index (χ3v) is 3.19. The summed E-state index contributed by atoms with van der Waals surface area (Å²) in [6, 6.07) is 0. The Labute approximate surface area is 121 Å².